The highest BCUT2D eigenvalue weighted by molar-refractivity contribution is 6.15. The summed E-state index contributed by atoms with van der Waals surface area (Å²) in [5, 5.41) is 10.1. The summed E-state index contributed by atoms with van der Waals surface area (Å²) in [5.74, 6) is 0.757. The number of hydrogen-bond donors (Lipinski definition) is 1. The predicted octanol–water partition coefficient (Wildman–Crippen LogP) is 4.77. The van der Waals surface area contributed by atoms with Crippen molar-refractivity contribution in [3.05, 3.63) is 35.6 Å². The van der Waals surface area contributed by atoms with Crippen LogP contribution in [0.3, 0.4) is 0 Å². The minimum Gasteiger partial charge on any atom is -0.511 e. The van der Waals surface area contributed by atoms with Crippen LogP contribution < -0.4 is 4.74 Å². The van der Waals surface area contributed by atoms with Gasteiger partial charge in [-0.1, -0.05) is 39.3 Å². The number of Topliss-reactive ketones (excluding diaryl/α,β-unsaturated/α-hetero) is 1. The standard InChI is InChI=1S/C19H25NO3/c1-4-5-10-23-18-9-7-6-8-15(18)20-13-14-16(21)11-19(2,3)12-17(14)22/h6-9,13,21H,4-5,10-12H2,1-3H3. The van der Waals surface area contributed by atoms with Crippen LogP contribution in [0.2, 0.25) is 0 Å². The Bertz CT molecular complexity index is 629. The first-order valence-electron chi connectivity index (χ1n) is 8.14. The Balaban J connectivity index is 2.18. The lowest BCUT2D eigenvalue weighted by molar-refractivity contribution is -0.117. The van der Waals surface area contributed by atoms with Gasteiger partial charge >= 0.3 is 0 Å². The van der Waals surface area contributed by atoms with Gasteiger partial charge in [-0.15, -0.1) is 0 Å². The Labute approximate surface area is 137 Å². The molecule has 0 amide bonds. The maximum atomic E-state index is 12.2. The molecule has 0 fully saturated rings. The first-order chi connectivity index (χ1) is 10.9. The summed E-state index contributed by atoms with van der Waals surface area (Å²) in [6.45, 7) is 6.71. The molecule has 1 aliphatic rings. The van der Waals surface area contributed by atoms with Crippen molar-refractivity contribution in [2.45, 2.75) is 46.5 Å². The van der Waals surface area contributed by atoms with Crippen LogP contribution in [0.15, 0.2) is 40.6 Å². The third kappa shape index (κ3) is 4.68. The maximum absolute atomic E-state index is 12.2. The lowest BCUT2D eigenvalue weighted by atomic mass is 9.77. The number of carbonyl (C=O) groups is 1. The van der Waals surface area contributed by atoms with E-state index in [2.05, 4.69) is 11.9 Å². The molecule has 0 saturated carbocycles. The summed E-state index contributed by atoms with van der Waals surface area (Å²) in [7, 11) is 0. The average molecular weight is 315 g/mol. The molecule has 0 heterocycles. The number of nitrogens with zero attached hydrogens (tertiary/aromatic N) is 1. The van der Waals surface area contributed by atoms with E-state index in [4.69, 9.17) is 4.74 Å². The minimum atomic E-state index is -0.195. The highest BCUT2D eigenvalue weighted by atomic mass is 16.5. The van der Waals surface area contributed by atoms with Crippen molar-refractivity contribution in [2.24, 2.45) is 10.4 Å². The van der Waals surface area contributed by atoms with Crippen LogP contribution in [-0.2, 0) is 4.79 Å². The number of aliphatic hydroxyl groups excluding tert-OH is 1. The summed E-state index contributed by atoms with van der Waals surface area (Å²) in [4.78, 5) is 16.6. The van der Waals surface area contributed by atoms with Gasteiger partial charge in [-0.05, 0) is 24.0 Å². The highest BCUT2D eigenvalue weighted by Gasteiger charge is 2.32. The van der Waals surface area contributed by atoms with E-state index in [1.54, 1.807) is 0 Å². The zero-order valence-electron chi connectivity index (χ0n) is 14.1. The fraction of sp³-hybridized carbons (Fsp3) is 0.474. The summed E-state index contributed by atoms with van der Waals surface area (Å²) >= 11 is 0. The Hall–Kier alpha value is -2.10. The van der Waals surface area contributed by atoms with Crippen molar-refractivity contribution in [1.29, 1.82) is 0 Å². The van der Waals surface area contributed by atoms with Crippen LogP contribution >= 0.6 is 0 Å². The molecule has 2 rings (SSSR count). The monoisotopic (exact) mass is 315 g/mol. The normalized spacial score (nSPS) is 17.8. The third-order valence-electron chi connectivity index (χ3n) is 3.85. The van der Waals surface area contributed by atoms with Gasteiger partial charge in [-0.2, -0.15) is 0 Å². The number of aliphatic imine (C=N–C) groups is 1. The van der Waals surface area contributed by atoms with Crippen molar-refractivity contribution in [3.8, 4) is 5.75 Å². The van der Waals surface area contributed by atoms with E-state index in [0.717, 1.165) is 12.8 Å². The van der Waals surface area contributed by atoms with Gasteiger partial charge in [0.15, 0.2) is 5.78 Å². The number of allylic oxidation sites excluding steroid dienone is 2. The van der Waals surface area contributed by atoms with Gasteiger partial charge < -0.3 is 9.84 Å². The molecule has 124 valence electrons. The van der Waals surface area contributed by atoms with Gasteiger partial charge in [-0.25, -0.2) is 0 Å². The second-order valence-corrected chi connectivity index (χ2v) is 6.73. The second-order valence-electron chi connectivity index (χ2n) is 6.73. The molecule has 0 aromatic heterocycles. The molecule has 1 N–H and O–H groups in total. The van der Waals surface area contributed by atoms with Gasteiger partial charge in [0.2, 0.25) is 0 Å². The van der Waals surface area contributed by atoms with Gasteiger partial charge in [0, 0.05) is 19.1 Å². The van der Waals surface area contributed by atoms with Crippen LogP contribution in [0.25, 0.3) is 0 Å². The Kier molecular flexibility index (Phi) is 5.59. The number of benzene rings is 1. The number of para-hydroxylation sites is 2. The van der Waals surface area contributed by atoms with E-state index in [1.807, 2.05) is 38.1 Å². The van der Waals surface area contributed by atoms with Gasteiger partial charge in [-0.3, -0.25) is 9.79 Å². The minimum absolute atomic E-state index is 0.0631. The number of ketones is 1. The van der Waals surface area contributed by atoms with Crippen LogP contribution in [0.4, 0.5) is 5.69 Å². The van der Waals surface area contributed by atoms with Crippen molar-refractivity contribution in [1.82, 2.24) is 0 Å². The summed E-state index contributed by atoms with van der Waals surface area (Å²) < 4.78 is 5.73. The van der Waals surface area contributed by atoms with E-state index in [0.29, 0.717) is 36.5 Å². The molecule has 0 atom stereocenters. The van der Waals surface area contributed by atoms with E-state index in [-0.39, 0.29) is 17.0 Å². The fourth-order valence-corrected chi connectivity index (χ4v) is 2.59. The molecule has 4 heteroatoms. The number of aliphatic hydroxyl groups is 1. The number of carbonyl (C=O) groups excluding carboxylic acids is 1. The van der Waals surface area contributed by atoms with Gasteiger partial charge in [0.25, 0.3) is 0 Å². The topological polar surface area (TPSA) is 58.9 Å². The molecule has 0 spiro atoms. The number of unbranched alkanes of at least 4 members (excludes halogenated alkanes) is 1. The SMILES string of the molecule is CCCCOc1ccccc1N=CC1=C(O)CC(C)(C)CC1=O. The van der Waals surface area contributed by atoms with Gasteiger partial charge in [0.05, 0.1) is 12.2 Å². The smallest absolute Gasteiger partial charge is 0.168 e. The van der Waals surface area contributed by atoms with Crippen molar-refractivity contribution >= 4 is 17.7 Å². The molecule has 23 heavy (non-hydrogen) atoms. The number of hydrogen-bond acceptors (Lipinski definition) is 4. The van der Waals surface area contributed by atoms with Crippen LogP contribution in [0.1, 0.15) is 46.5 Å². The molecule has 1 aromatic rings. The zero-order chi connectivity index (χ0) is 16.9. The Morgan fingerprint density at radius 1 is 1.30 bits per heavy atom. The van der Waals surface area contributed by atoms with Crippen molar-refractivity contribution in [3.63, 3.8) is 0 Å². The van der Waals surface area contributed by atoms with Crippen molar-refractivity contribution in [2.75, 3.05) is 6.61 Å². The quantitative estimate of drug-likeness (QED) is 0.607. The predicted molar refractivity (Wildman–Crippen MR) is 92.7 cm³/mol. The lowest BCUT2D eigenvalue weighted by Crippen LogP contribution is -2.26. The van der Waals surface area contributed by atoms with E-state index >= 15 is 0 Å². The first-order valence-corrected chi connectivity index (χ1v) is 8.14. The largest absolute Gasteiger partial charge is 0.511 e. The highest BCUT2D eigenvalue weighted by Crippen LogP contribution is 2.35. The third-order valence-corrected chi connectivity index (χ3v) is 3.85. The fourth-order valence-electron chi connectivity index (χ4n) is 2.59. The molecule has 0 aliphatic heterocycles. The molecule has 0 unspecified atom stereocenters. The van der Waals surface area contributed by atoms with Crippen LogP contribution in [0.5, 0.6) is 5.75 Å². The summed E-state index contributed by atoms with van der Waals surface area (Å²) in [6, 6.07) is 7.47. The average Bonchev–Trinajstić information content (AvgIpc) is 2.47. The summed E-state index contributed by atoms with van der Waals surface area (Å²) in [6.07, 6.45) is 4.44. The van der Waals surface area contributed by atoms with Crippen LogP contribution in [0, 0.1) is 5.41 Å². The van der Waals surface area contributed by atoms with Crippen LogP contribution in [-0.4, -0.2) is 23.7 Å². The number of ether oxygens (including phenoxy) is 1. The molecule has 0 radical (unpaired) electrons. The van der Waals surface area contributed by atoms with Gasteiger partial charge in [0.1, 0.15) is 17.2 Å². The lowest BCUT2D eigenvalue weighted by Gasteiger charge is -2.28. The molecule has 1 aliphatic carbocycles. The molecule has 0 bridgehead atoms. The van der Waals surface area contributed by atoms with Crippen molar-refractivity contribution < 1.29 is 14.6 Å². The molecular weight excluding hydrogens is 290 g/mol. The molecule has 1 aromatic carbocycles. The molecule has 0 saturated heterocycles. The van der Waals surface area contributed by atoms with E-state index in [9.17, 15) is 9.90 Å². The molecule has 4 nitrogen and oxygen atoms in total. The first kappa shape index (κ1) is 17.3. The Morgan fingerprint density at radius 3 is 2.74 bits per heavy atom. The number of rotatable bonds is 6. The Morgan fingerprint density at radius 2 is 2.04 bits per heavy atom. The summed E-state index contributed by atoms with van der Waals surface area (Å²) in [5.41, 5.74) is 0.786. The zero-order valence-corrected chi connectivity index (χ0v) is 14.1. The van der Waals surface area contributed by atoms with E-state index in [1.165, 1.54) is 6.21 Å². The second kappa shape index (κ2) is 7.44. The van der Waals surface area contributed by atoms with E-state index < -0.39 is 0 Å². The molecular formula is C19H25NO3. The maximum Gasteiger partial charge on any atom is 0.168 e.